The number of carbonyl (C=O) groups is 1. The molecule has 4 nitrogen and oxygen atoms in total. The number of rotatable bonds is 4. The topological polar surface area (TPSA) is 77.8 Å². The highest BCUT2D eigenvalue weighted by Gasteiger charge is 2.56. The third kappa shape index (κ3) is 4.43. The number of hydrogen-bond acceptors (Lipinski definition) is 3. The molecule has 0 aliphatic heterocycles. The quantitative estimate of drug-likeness (QED) is 0.636. The molecule has 0 radical (unpaired) electrons. The zero-order chi connectivity index (χ0) is 20.5. The van der Waals surface area contributed by atoms with E-state index in [0.29, 0.717) is 35.5 Å². The van der Waals surface area contributed by atoms with Gasteiger partial charge in [0.1, 0.15) is 0 Å². The molecule has 0 saturated heterocycles. The van der Waals surface area contributed by atoms with Crippen LogP contribution in [0.3, 0.4) is 0 Å². The van der Waals surface area contributed by atoms with Crippen molar-refractivity contribution in [3.05, 3.63) is 0 Å². The fraction of sp³-hybridized carbons (Fsp3) is 0.958. The van der Waals surface area contributed by atoms with Crippen molar-refractivity contribution >= 4 is 5.97 Å². The molecular weight excluding hydrogens is 352 g/mol. The Bertz CT molecular complexity index is 535. The van der Waals surface area contributed by atoms with E-state index in [1.807, 2.05) is 0 Å². The lowest BCUT2D eigenvalue weighted by Gasteiger charge is -2.53. The zero-order valence-corrected chi connectivity index (χ0v) is 18.1. The average Bonchev–Trinajstić information content (AvgIpc) is 2.99. The van der Waals surface area contributed by atoms with Crippen LogP contribution in [0, 0.1) is 40.9 Å². The van der Waals surface area contributed by atoms with Gasteiger partial charge in [0.05, 0.1) is 12.2 Å². The molecule has 3 aliphatic carbocycles. The molecule has 3 rings (SSSR count). The molecule has 3 fully saturated rings. The summed E-state index contributed by atoms with van der Waals surface area (Å²) in [7, 11) is 0. The Morgan fingerprint density at radius 2 is 1.82 bits per heavy atom. The molecule has 3 saturated carbocycles. The predicted molar refractivity (Wildman–Crippen MR) is 111 cm³/mol. The van der Waals surface area contributed by atoms with E-state index in [1.165, 1.54) is 25.7 Å². The van der Waals surface area contributed by atoms with Gasteiger partial charge >= 0.3 is 5.97 Å². The molecule has 4 heteroatoms. The summed E-state index contributed by atoms with van der Waals surface area (Å²) in [5.41, 5.74) is 0.240. The van der Waals surface area contributed by atoms with Crippen molar-refractivity contribution in [2.45, 2.75) is 104 Å². The maximum Gasteiger partial charge on any atom is 0.303 e. The first-order valence-electron chi connectivity index (χ1n) is 11.8. The minimum Gasteiger partial charge on any atom is -0.481 e. The molecule has 3 aliphatic rings. The molecule has 0 aromatic carbocycles. The normalized spacial score (nSPS) is 45.7. The van der Waals surface area contributed by atoms with Gasteiger partial charge in [0, 0.05) is 6.42 Å². The Labute approximate surface area is 171 Å². The third-order valence-corrected chi connectivity index (χ3v) is 9.13. The zero-order valence-electron chi connectivity index (χ0n) is 18.1. The molecule has 9 atom stereocenters. The number of carboxylic acid groups (broad SMARTS) is 1. The van der Waals surface area contributed by atoms with Crippen LogP contribution in [0.1, 0.15) is 91.4 Å². The fourth-order valence-corrected chi connectivity index (χ4v) is 7.54. The van der Waals surface area contributed by atoms with Crippen molar-refractivity contribution in [1.29, 1.82) is 0 Å². The van der Waals surface area contributed by atoms with Crippen molar-refractivity contribution in [3.8, 4) is 0 Å². The molecule has 0 heterocycles. The van der Waals surface area contributed by atoms with Gasteiger partial charge in [-0.1, -0.05) is 20.8 Å². The highest BCUT2D eigenvalue weighted by atomic mass is 16.4. The van der Waals surface area contributed by atoms with E-state index in [0.717, 1.165) is 38.5 Å². The molecule has 0 bridgehead atoms. The lowest BCUT2D eigenvalue weighted by molar-refractivity contribution is -0.137. The van der Waals surface area contributed by atoms with Crippen LogP contribution in [0.2, 0.25) is 0 Å². The summed E-state index contributed by atoms with van der Waals surface area (Å²) in [5, 5.41) is 30.5. The molecule has 0 spiro atoms. The van der Waals surface area contributed by atoms with E-state index in [1.54, 1.807) is 0 Å². The fourth-order valence-electron chi connectivity index (χ4n) is 7.54. The maximum absolute atomic E-state index is 11.2. The van der Waals surface area contributed by atoms with Crippen molar-refractivity contribution in [1.82, 2.24) is 0 Å². The van der Waals surface area contributed by atoms with E-state index in [2.05, 4.69) is 20.8 Å². The first-order valence-corrected chi connectivity index (χ1v) is 11.8. The van der Waals surface area contributed by atoms with Gasteiger partial charge in [-0.05, 0) is 105 Å². The SMILES string of the molecule is CC1CC[C@@H](O)CCC[C@@H](O)[C@@H]2[C@@H]1CCC1(C)C([C@H](C)CCC(=O)O)CC[C@@H]21. The van der Waals surface area contributed by atoms with Gasteiger partial charge in [-0.2, -0.15) is 0 Å². The van der Waals surface area contributed by atoms with Crippen LogP contribution in [0.25, 0.3) is 0 Å². The van der Waals surface area contributed by atoms with Crippen LogP contribution in [-0.2, 0) is 4.79 Å². The lowest BCUT2D eigenvalue weighted by Crippen LogP contribution is -2.49. The number of aliphatic carboxylic acids is 1. The summed E-state index contributed by atoms with van der Waals surface area (Å²) in [5.74, 6) is 2.39. The number of aliphatic hydroxyl groups is 2. The van der Waals surface area contributed by atoms with Gasteiger partial charge in [-0.25, -0.2) is 0 Å². The number of carboxylic acids is 1. The Hall–Kier alpha value is -0.610. The number of aliphatic hydroxyl groups excluding tert-OH is 2. The van der Waals surface area contributed by atoms with E-state index in [-0.39, 0.29) is 24.0 Å². The maximum atomic E-state index is 11.2. The van der Waals surface area contributed by atoms with Gasteiger partial charge in [0.25, 0.3) is 0 Å². The van der Waals surface area contributed by atoms with Gasteiger partial charge in [-0.3, -0.25) is 4.79 Å². The van der Waals surface area contributed by atoms with Gasteiger partial charge in [0.15, 0.2) is 0 Å². The molecule has 0 amide bonds. The first-order chi connectivity index (χ1) is 13.2. The van der Waals surface area contributed by atoms with E-state index < -0.39 is 5.97 Å². The monoisotopic (exact) mass is 394 g/mol. The van der Waals surface area contributed by atoms with E-state index in [4.69, 9.17) is 5.11 Å². The predicted octanol–water partition coefficient (Wildman–Crippen LogP) is 4.87. The summed E-state index contributed by atoms with van der Waals surface area (Å²) in [4.78, 5) is 11.1. The third-order valence-electron chi connectivity index (χ3n) is 9.13. The van der Waals surface area contributed by atoms with Crippen molar-refractivity contribution in [2.24, 2.45) is 40.9 Å². The highest BCUT2D eigenvalue weighted by molar-refractivity contribution is 5.66. The second kappa shape index (κ2) is 9.04. The highest BCUT2D eigenvalue weighted by Crippen LogP contribution is 2.63. The van der Waals surface area contributed by atoms with Crippen LogP contribution < -0.4 is 0 Å². The molecule has 3 unspecified atom stereocenters. The average molecular weight is 395 g/mol. The molecule has 0 aromatic rings. The number of fused-ring (bicyclic) bond motifs is 3. The Morgan fingerprint density at radius 3 is 2.54 bits per heavy atom. The minimum atomic E-state index is -0.686. The Kier molecular flexibility index (Phi) is 7.13. The summed E-state index contributed by atoms with van der Waals surface area (Å²) < 4.78 is 0. The van der Waals surface area contributed by atoms with Gasteiger partial charge in [0.2, 0.25) is 0 Å². The van der Waals surface area contributed by atoms with E-state index >= 15 is 0 Å². The summed E-state index contributed by atoms with van der Waals surface area (Å²) in [6, 6.07) is 0. The second-order valence-electron chi connectivity index (χ2n) is 10.7. The molecule has 0 aromatic heterocycles. The van der Waals surface area contributed by atoms with Crippen molar-refractivity contribution < 1.29 is 20.1 Å². The van der Waals surface area contributed by atoms with Crippen LogP contribution in [0.15, 0.2) is 0 Å². The van der Waals surface area contributed by atoms with Gasteiger partial charge in [-0.15, -0.1) is 0 Å². The van der Waals surface area contributed by atoms with Crippen molar-refractivity contribution in [3.63, 3.8) is 0 Å². The summed E-state index contributed by atoms with van der Waals surface area (Å²) >= 11 is 0. The Morgan fingerprint density at radius 1 is 1.07 bits per heavy atom. The number of hydrogen-bond donors (Lipinski definition) is 3. The first kappa shape index (κ1) is 22.1. The standard InChI is InChI=1S/C24H42O4/c1-15-7-9-17(25)5-4-6-21(26)23-18(15)13-14-24(3)19(10-11-20(23)24)16(2)8-12-22(27)28/h15-21,23,25-26H,4-14H2,1-3H3,(H,27,28)/t15?,16-,17+,18-,19?,20+,21-,23-,24?/m1/s1. The lowest BCUT2D eigenvalue weighted by atomic mass is 9.53. The van der Waals surface area contributed by atoms with E-state index in [9.17, 15) is 15.0 Å². The van der Waals surface area contributed by atoms with Crippen LogP contribution in [0.5, 0.6) is 0 Å². The molecule has 3 N–H and O–H groups in total. The minimum absolute atomic E-state index is 0.203. The van der Waals surface area contributed by atoms with Crippen LogP contribution >= 0.6 is 0 Å². The summed E-state index contributed by atoms with van der Waals surface area (Å²) in [6.07, 6.45) is 9.86. The smallest absolute Gasteiger partial charge is 0.303 e. The Balaban J connectivity index is 1.79. The summed E-state index contributed by atoms with van der Waals surface area (Å²) in [6.45, 7) is 7.03. The van der Waals surface area contributed by atoms with Gasteiger partial charge < -0.3 is 15.3 Å². The van der Waals surface area contributed by atoms with Crippen molar-refractivity contribution in [2.75, 3.05) is 0 Å². The second-order valence-corrected chi connectivity index (χ2v) is 10.7. The van der Waals surface area contributed by atoms with Crippen LogP contribution in [0.4, 0.5) is 0 Å². The van der Waals surface area contributed by atoms with Crippen LogP contribution in [-0.4, -0.2) is 33.5 Å². The molecule has 162 valence electrons. The molecular formula is C24H42O4. The molecule has 28 heavy (non-hydrogen) atoms. The largest absolute Gasteiger partial charge is 0.481 e.